The van der Waals surface area contributed by atoms with E-state index in [0.29, 0.717) is 5.75 Å². The van der Waals surface area contributed by atoms with E-state index in [2.05, 4.69) is 24.1 Å². The number of hydrogen-bond acceptors (Lipinski definition) is 3. The Hall–Kier alpha value is -1.75. The minimum atomic E-state index is -0.0481. The summed E-state index contributed by atoms with van der Waals surface area (Å²) in [5.74, 6) is 1.42. The second-order valence-corrected chi connectivity index (χ2v) is 6.14. The molecule has 1 aliphatic rings. The smallest absolute Gasteiger partial charge is 0.322 e. The van der Waals surface area contributed by atoms with Crippen LogP contribution in [0.1, 0.15) is 20.3 Å². The lowest BCUT2D eigenvalue weighted by Crippen LogP contribution is -2.50. The zero-order chi connectivity index (χ0) is 15.9. The maximum Gasteiger partial charge on any atom is 0.322 e. The second-order valence-electron chi connectivity index (χ2n) is 6.14. The van der Waals surface area contributed by atoms with Crippen LogP contribution in [0.25, 0.3) is 0 Å². The predicted molar refractivity (Wildman–Crippen MR) is 89.5 cm³/mol. The Bertz CT molecular complexity index is 483. The highest BCUT2D eigenvalue weighted by Gasteiger charge is 2.21. The van der Waals surface area contributed by atoms with Gasteiger partial charge in [-0.1, -0.05) is 26.0 Å². The number of carbonyl (C=O) groups is 1. The summed E-state index contributed by atoms with van der Waals surface area (Å²) in [5.41, 5.74) is 0.720. The Morgan fingerprint density at radius 2 is 1.91 bits per heavy atom. The zero-order valence-electron chi connectivity index (χ0n) is 13.8. The monoisotopic (exact) mass is 305 g/mol. The van der Waals surface area contributed by atoms with Crippen molar-refractivity contribution in [1.82, 2.24) is 9.80 Å². The molecule has 0 unspecified atom stereocenters. The number of anilines is 1. The lowest BCUT2D eigenvalue weighted by atomic mass is 10.1. The largest absolute Gasteiger partial charge is 0.495 e. The van der Waals surface area contributed by atoms with Gasteiger partial charge in [0, 0.05) is 26.2 Å². The predicted octanol–water partition coefficient (Wildman–Crippen LogP) is 2.89. The van der Waals surface area contributed by atoms with E-state index in [1.165, 1.54) is 6.42 Å². The summed E-state index contributed by atoms with van der Waals surface area (Å²) in [4.78, 5) is 16.7. The fraction of sp³-hybridized carbons (Fsp3) is 0.588. The van der Waals surface area contributed by atoms with Gasteiger partial charge in [0.25, 0.3) is 0 Å². The first kappa shape index (κ1) is 16.6. The van der Waals surface area contributed by atoms with Crippen molar-refractivity contribution >= 4 is 11.7 Å². The molecule has 0 radical (unpaired) electrons. The first-order chi connectivity index (χ1) is 10.6. The molecule has 1 aromatic carbocycles. The number of amides is 2. The van der Waals surface area contributed by atoms with E-state index in [9.17, 15) is 4.79 Å². The Morgan fingerprint density at radius 3 is 2.55 bits per heavy atom. The van der Waals surface area contributed by atoms with Gasteiger partial charge in [-0.15, -0.1) is 0 Å². The molecule has 0 atom stereocenters. The lowest BCUT2D eigenvalue weighted by molar-refractivity contribution is 0.143. The van der Waals surface area contributed by atoms with Crippen molar-refractivity contribution in [1.29, 1.82) is 0 Å². The fourth-order valence-electron chi connectivity index (χ4n) is 2.56. The van der Waals surface area contributed by atoms with Crippen LogP contribution in [-0.4, -0.2) is 55.7 Å². The van der Waals surface area contributed by atoms with Crippen LogP contribution >= 0.6 is 0 Å². The van der Waals surface area contributed by atoms with E-state index in [1.807, 2.05) is 29.2 Å². The summed E-state index contributed by atoms with van der Waals surface area (Å²) in [7, 11) is 1.61. The molecule has 0 aromatic heterocycles. The van der Waals surface area contributed by atoms with Crippen molar-refractivity contribution in [3.63, 3.8) is 0 Å². The summed E-state index contributed by atoms with van der Waals surface area (Å²) in [6.07, 6.45) is 1.22. The van der Waals surface area contributed by atoms with E-state index in [1.54, 1.807) is 7.11 Å². The van der Waals surface area contributed by atoms with Gasteiger partial charge < -0.3 is 15.0 Å². The molecule has 1 aromatic rings. The van der Waals surface area contributed by atoms with Crippen LogP contribution < -0.4 is 10.1 Å². The molecular weight excluding hydrogens is 278 g/mol. The van der Waals surface area contributed by atoms with Crippen molar-refractivity contribution in [2.45, 2.75) is 20.3 Å². The SMILES string of the molecule is COc1ccccc1NC(=O)N1CCN(CCC(C)C)CC1. The standard InChI is InChI=1S/C17H27N3O2/c1-14(2)8-9-19-10-12-20(13-11-19)17(21)18-15-6-4-5-7-16(15)22-3/h4-7,14H,8-13H2,1-3H3,(H,18,21). The third-order valence-corrected chi connectivity index (χ3v) is 4.03. The quantitative estimate of drug-likeness (QED) is 0.910. The van der Waals surface area contributed by atoms with Gasteiger partial charge in [-0.3, -0.25) is 4.90 Å². The molecule has 5 nitrogen and oxygen atoms in total. The molecule has 1 aliphatic heterocycles. The van der Waals surface area contributed by atoms with Crippen molar-refractivity contribution in [3.8, 4) is 5.75 Å². The van der Waals surface area contributed by atoms with Crippen molar-refractivity contribution in [2.75, 3.05) is 45.2 Å². The lowest BCUT2D eigenvalue weighted by Gasteiger charge is -2.35. The molecule has 0 saturated carbocycles. The third-order valence-electron chi connectivity index (χ3n) is 4.03. The van der Waals surface area contributed by atoms with E-state index in [4.69, 9.17) is 4.74 Å². The van der Waals surface area contributed by atoms with Crippen LogP contribution in [0.3, 0.4) is 0 Å². The van der Waals surface area contributed by atoms with Gasteiger partial charge in [0.15, 0.2) is 0 Å². The number of urea groups is 1. The van der Waals surface area contributed by atoms with Crippen LogP contribution in [0.15, 0.2) is 24.3 Å². The van der Waals surface area contributed by atoms with Gasteiger partial charge in [-0.2, -0.15) is 0 Å². The number of hydrogen-bond donors (Lipinski definition) is 1. The number of ether oxygens (including phenoxy) is 1. The number of nitrogens with zero attached hydrogens (tertiary/aromatic N) is 2. The maximum atomic E-state index is 12.3. The number of nitrogens with one attached hydrogen (secondary N) is 1. The highest BCUT2D eigenvalue weighted by atomic mass is 16.5. The normalized spacial score (nSPS) is 15.9. The van der Waals surface area contributed by atoms with Gasteiger partial charge in [-0.05, 0) is 31.0 Å². The Labute approximate surface area is 133 Å². The summed E-state index contributed by atoms with van der Waals surface area (Å²) >= 11 is 0. The summed E-state index contributed by atoms with van der Waals surface area (Å²) in [6, 6.07) is 7.44. The molecule has 0 spiro atoms. The van der Waals surface area contributed by atoms with Gasteiger partial charge in [0.05, 0.1) is 12.8 Å². The van der Waals surface area contributed by atoms with Crippen LogP contribution in [0, 0.1) is 5.92 Å². The molecule has 1 heterocycles. The van der Waals surface area contributed by atoms with E-state index in [0.717, 1.165) is 44.3 Å². The average Bonchev–Trinajstić information content (AvgIpc) is 2.54. The maximum absolute atomic E-state index is 12.3. The van der Waals surface area contributed by atoms with Crippen LogP contribution in [0.4, 0.5) is 10.5 Å². The molecule has 0 bridgehead atoms. The third kappa shape index (κ3) is 4.63. The first-order valence-corrected chi connectivity index (χ1v) is 8.01. The molecule has 22 heavy (non-hydrogen) atoms. The Balaban J connectivity index is 1.82. The zero-order valence-corrected chi connectivity index (χ0v) is 13.8. The van der Waals surface area contributed by atoms with Gasteiger partial charge in [0.1, 0.15) is 5.75 Å². The second kappa shape index (κ2) is 8.03. The van der Waals surface area contributed by atoms with Crippen LogP contribution in [0.5, 0.6) is 5.75 Å². The van der Waals surface area contributed by atoms with Gasteiger partial charge >= 0.3 is 6.03 Å². The summed E-state index contributed by atoms with van der Waals surface area (Å²) < 4.78 is 5.26. The van der Waals surface area contributed by atoms with Crippen molar-refractivity contribution in [2.24, 2.45) is 5.92 Å². The summed E-state index contributed by atoms with van der Waals surface area (Å²) in [6.45, 7) is 9.07. The molecule has 5 heteroatoms. The number of benzene rings is 1. The molecule has 1 saturated heterocycles. The van der Waals surface area contributed by atoms with Crippen LogP contribution in [0.2, 0.25) is 0 Å². The minimum Gasteiger partial charge on any atom is -0.495 e. The minimum absolute atomic E-state index is 0.0481. The highest BCUT2D eigenvalue weighted by Crippen LogP contribution is 2.23. The highest BCUT2D eigenvalue weighted by molar-refractivity contribution is 5.91. The Morgan fingerprint density at radius 1 is 1.23 bits per heavy atom. The van der Waals surface area contributed by atoms with E-state index in [-0.39, 0.29) is 6.03 Å². The Kier molecular flexibility index (Phi) is 6.07. The van der Waals surface area contributed by atoms with E-state index >= 15 is 0 Å². The molecule has 1 fully saturated rings. The van der Waals surface area contributed by atoms with Crippen molar-refractivity contribution in [3.05, 3.63) is 24.3 Å². The first-order valence-electron chi connectivity index (χ1n) is 8.01. The molecule has 2 rings (SSSR count). The number of rotatable bonds is 5. The molecule has 0 aliphatic carbocycles. The number of carbonyl (C=O) groups excluding carboxylic acids is 1. The molecular formula is C17H27N3O2. The fourth-order valence-corrected chi connectivity index (χ4v) is 2.56. The molecule has 122 valence electrons. The average molecular weight is 305 g/mol. The van der Waals surface area contributed by atoms with Gasteiger partial charge in [0.2, 0.25) is 0 Å². The number of para-hydroxylation sites is 2. The van der Waals surface area contributed by atoms with E-state index < -0.39 is 0 Å². The molecule has 1 N–H and O–H groups in total. The van der Waals surface area contributed by atoms with Crippen molar-refractivity contribution < 1.29 is 9.53 Å². The number of piperazine rings is 1. The number of methoxy groups -OCH3 is 1. The summed E-state index contributed by atoms with van der Waals surface area (Å²) in [5, 5.41) is 2.94. The topological polar surface area (TPSA) is 44.8 Å². The van der Waals surface area contributed by atoms with Gasteiger partial charge in [-0.25, -0.2) is 4.79 Å². The van der Waals surface area contributed by atoms with Crippen LogP contribution in [-0.2, 0) is 0 Å². The molecule has 2 amide bonds.